The molecular weight excluding hydrogens is 435 g/mol. The molecule has 3 saturated heterocycles. The van der Waals surface area contributed by atoms with Gasteiger partial charge in [0.2, 0.25) is 0 Å². The van der Waals surface area contributed by atoms with Gasteiger partial charge in [-0.2, -0.15) is 11.8 Å². The predicted molar refractivity (Wildman–Crippen MR) is 114 cm³/mol. The Labute approximate surface area is 168 Å². The Morgan fingerprint density at radius 1 is 1.21 bits per heavy atom. The normalized spacial score (nSPS) is 27.7. The minimum atomic E-state index is 0. The minimum absolute atomic E-state index is 0. The third kappa shape index (κ3) is 5.38. The smallest absolute Gasteiger partial charge is 0.191 e. The first-order chi connectivity index (χ1) is 11.3. The maximum atomic E-state index is 5.63. The lowest BCUT2D eigenvalue weighted by atomic mass is 9.88. The van der Waals surface area contributed by atoms with Crippen LogP contribution >= 0.6 is 35.7 Å². The van der Waals surface area contributed by atoms with Crippen molar-refractivity contribution in [3.05, 3.63) is 0 Å². The lowest BCUT2D eigenvalue weighted by Gasteiger charge is -2.45. The summed E-state index contributed by atoms with van der Waals surface area (Å²) in [6, 6.07) is 0. The van der Waals surface area contributed by atoms with Gasteiger partial charge in [-0.1, -0.05) is 0 Å². The van der Waals surface area contributed by atoms with Crippen LogP contribution in [0.2, 0.25) is 0 Å². The van der Waals surface area contributed by atoms with Gasteiger partial charge in [-0.05, 0) is 57.4 Å². The van der Waals surface area contributed by atoms with Crippen molar-refractivity contribution in [3.63, 3.8) is 0 Å². The zero-order valence-corrected chi connectivity index (χ0v) is 18.0. The van der Waals surface area contributed by atoms with Crippen LogP contribution in [0, 0.1) is 0 Å². The number of nitrogens with one attached hydrogen (secondary N) is 2. The lowest BCUT2D eigenvalue weighted by Crippen LogP contribution is -2.58. The van der Waals surface area contributed by atoms with Crippen molar-refractivity contribution in [1.29, 1.82) is 0 Å². The number of likely N-dealkylation sites (tertiary alicyclic amines) is 1. The first-order valence-corrected chi connectivity index (χ1v) is 10.3. The van der Waals surface area contributed by atoms with Crippen LogP contribution < -0.4 is 10.6 Å². The number of rotatable bonds is 5. The molecule has 24 heavy (non-hydrogen) atoms. The lowest BCUT2D eigenvalue weighted by molar-refractivity contribution is -0.0164. The fraction of sp³-hybridized carbons (Fsp3) is 0.941. The van der Waals surface area contributed by atoms with Gasteiger partial charge in [0.1, 0.15) is 0 Å². The topological polar surface area (TPSA) is 48.9 Å². The fourth-order valence-corrected chi connectivity index (χ4v) is 5.23. The van der Waals surface area contributed by atoms with Gasteiger partial charge in [0.15, 0.2) is 5.96 Å². The van der Waals surface area contributed by atoms with Crippen LogP contribution in [-0.2, 0) is 4.74 Å². The molecular formula is C17H33IN4OS. The second kappa shape index (κ2) is 10.4. The minimum Gasteiger partial charge on any atom is -0.381 e. The standard InChI is InChI=1S/C17H32N4OS.HI/c1-18-16(19-13-15-5-4-12-23-15)20-14-17(6-10-22-11-7-17)21-8-2-3-9-21;/h15H,2-14H2,1H3,(H2,18,19,20);1H. The zero-order valence-electron chi connectivity index (χ0n) is 14.9. The van der Waals surface area contributed by atoms with Crippen LogP contribution in [-0.4, -0.2) is 73.8 Å². The van der Waals surface area contributed by atoms with Gasteiger partial charge in [0, 0.05) is 44.1 Å². The highest BCUT2D eigenvalue weighted by Gasteiger charge is 2.39. The number of ether oxygens (including phenoxy) is 1. The molecule has 1 unspecified atom stereocenters. The second-order valence-corrected chi connectivity index (χ2v) is 8.38. The summed E-state index contributed by atoms with van der Waals surface area (Å²) < 4.78 is 5.63. The molecule has 7 heteroatoms. The van der Waals surface area contributed by atoms with Crippen LogP contribution in [0.5, 0.6) is 0 Å². The Kier molecular flexibility index (Phi) is 8.94. The van der Waals surface area contributed by atoms with E-state index < -0.39 is 0 Å². The summed E-state index contributed by atoms with van der Waals surface area (Å²) in [5.41, 5.74) is 0.258. The van der Waals surface area contributed by atoms with Gasteiger partial charge in [-0.25, -0.2) is 0 Å². The van der Waals surface area contributed by atoms with Crippen LogP contribution in [0.15, 0.2) is 4.99 Å². The van der Waals surface area contributed by atoms with Crippen molar-refractivity contribution in [1.82, 2.24) is 15.5 Å². The first kappa shape index (κ1) is 20.6. The summed E-state index contributed by atoms with van der Waals surface area (Å²) >= 11 is 2.09. The Hall–Kier alpha value is 0.270. The third-order valence-electron chi connectivity index (χ3n) is 5.53. The van der Waals surface area contributed by atoms with Gasteiger partial charge in [-0.3, -0.25) is 9.89 Å². The average Bonchev–Trinajstić information content (AvgIpc) is 3.30. The predicted octanol–water partition coefficient (Wildman–Crippen LogP) is 2.31. The molecule has 0 radical (unpaired) electrons. The molecule has 0 aromatic carbocycles. The van der Waals surface area contributed by atoms with Crippen molar-refractivity contribution in [2.45, 2.75) is 49.3 Å². The van der Waals surface area contributed by atoms with E-state index in [1.54, 1.807) is 0 Å². The monoisotopic (exact) mass is 468 g/mol. The highest BCUT2D eigenvalue weighted by atomic mass is 127. The second-order valence-electron chi connectivity index (χ2n) is 6.97. The summed E-state index contributed by atoms with van der Waals surface area (Å²) in [6.45, 7) is 6.28. The number of nitrogens with zero attached hydrogens (tertiary/aromatic N) is 2. The molecule has 3 heterocycles. The molecule has 1 atom stereocenters. The summed E-state index contributed by atoms with van der Waals surface area (Å²) in [4.78, 5) is 7.12. The van der Waals surface area contributed by atoms with E-state index in [4.69, 9.17) is 4.74 Å². The Morgan fingerprint density at radius 2 is 1.96 bits per heavy atom. The van der Waals surface area contributed by atoms with E-state index >= 15 is 0 Å². The molecule has 140 valence electrons. The molecule has 0 amide bonds. The van der Waals surface area contributed by atoms with E-state index in [1.165, 1.54) is 44.5 Å². The van der Waals surface area contributed by atoms with Crippen molar-refractivity contribution in [2.75, 3.05) is 52.2 Å². The van der Waals surface area contributed by atoms with E-state index in [2.05, 4.69) is 32.3 Å². The molecule has 0 bridgehead atoms. The van der Waals surface area contributed by atoms with Crippen LogP contribution in [0.4, 0.5) is 0 Å². The van der Waals surface area contributed by atoms with Gasteiger partial charge >= 0.3 is 0 Å². The number of halogens is 1. The first-order valence-electron chi connectivity index (χ1n) is 9.21. The molecule has 0 aliphatic carbocycles. The highest BCUT2D eigenvalue weighted by molar-refractivity contribution is 14.0. The summed E-state index contributed by atoms with van der Waals surface area (Å²) in [7, 11) is 1.88. The SMILES string of the molecule is CN=C(NCC1CCCS1)NCC1(N2CCCC2)CCOCC1.I. The summed E-state index contributed by atoms with van der Waals surface area (Å²) in [5, 5.41) is 7.89. The van der Waals surface area contributed by atoms with E-state index in [-0.39, 0.29) is 29.5 Å². The van der Waals surface area contributed by atoms with Gasteiger partial charge in [-0.15, -0.1) is 24.0 Å². The van der Waals surface area contributed by atoms with E-state index in [0.717, 1.165) is 50.4 Å². The fourth-order valence-electron chi connectivity index (χ4n) is 4.03. The number of hydrogen-bond acceptors (Lipinski definition) is 4. The molecule has 3 fully saturated rings. The van der Waals surface area contributed by atoms with Crippen LogP contribution in [0.3, 0.4) is 0 Å². The maximum Gasteiger partial charge on any atom is 0.191 e. The molecule has 3 aliphatic heterocycles. The largest absolute Gasteiger partial charge is 0.381 e. The Balaban J connectivity index is 0.00000208. The molecule has 5 nitrogen and oxygen atoms in total. The molecule has 0 aromatic rings. The molecule has 3 rings (SSSR count). The van der Waals surface area contributed by atoms with Gasteiger partial charge in [0.05, 0.1) is 0 Å². The number of thioether (sulfide) groups is 1. The van der Waals surface area contributed by atoms with Crippen LogP contribution in [0.25, 0.3) is 0 Å². The number of hydrogen-bond donors (Lipinski definition) is 2. The van der Waals surface area contributed by atoms with Gasteiger partial charge < -0.3 is 15.4 Å². The molecule has 0 saturated carbocycles. The average molecular weight is 468 g/mol. The molecule has 0 spiro atoms. The third-order valence-corrected chi connectivity index (χ3v) is 6.93. The Morgan fingerprint density at radius 3 is 2.58 bits per heavy atom. The molecule has 3 aliphatic rings. The van der Waals surface area contributed by atoms with Crippen molar-refractivity contribution >= 4 is 41.7 Å². The van der Waals surface area contributed by atoms with Crippen LogP contribution in [0.1, 0.15) is 38.5 Å². The zero-order chi connectivity index (χ0) is 16.0. The van der Waals surface area contributed by atoms with E-state index in [1.807, 2.05) is 7.05 Å². The molecule has 0 aromatic heterocycles. The quantitative estimate of drug-likeness (QED) is 0.369. The number of guanidine groups is 1. The number of aliphatic imine (C=N–C) groups is 1. The van der Waals surface area contributed by atoms with Gasteiger partial charge in [0.25, 0.3) is 0 Å². The Bertz CT molecular complexity index is 392. The van der Waals surface area contributed by atoms with E-state index in [9.17, 15) is 0 Å². The maximum absolute atomic E-state index is 5.63. The summed E-state index contributed by atoms with van der Waals surface area (Å²) in [5.74, 6) is 2.28. The van der Waals surface area contributed by atoms with Crippen molar-refractivity contribution < 1.29 is 4.74 Å². The van der Waals surface area contributed by atoms with Crippen molar-refractivity contribution in [2.24, 2.45) is 4.99 Å². The van der Waals surface area contributed by atoms with E-state index in [0.29, 0.717) is 0 Å². The molecule has 2 N–H and O–H groups in total. The van der Waals surface area contributed by atoms with Crippen molar-refractivity contribution in [3.8, 4) is 0 Å². The highest BCUT2D eigenvalue weighted by Crippen LogP contribution is 2.30. The summed E-state index contributed by atoms with van der Waals surface area (Å²) in [6.07, 6.45) is 7.65.